The molecule has 0 fully saturated rings. The molecule has 44 heavy (non-hydrogen) atoms. The van der Waals surface area contributed by atoms with Gasteiger partial charge in [0.05, 0.1) is 28.7 Å². The quantitative estimate of drug-likeness (QED) is 0.259. The Labute approximate surface area is 253 Å². The smallest absolute Gasteiger partial charge is 0.255 e. The molecule has 1 aliphatic heterocycles. The first-order chi connectivity index (χ1) is 21.0. The van der Waals surface area contributed by atoms with E-state index in [0.717, 1.165) is 34.3 Å². The molecule has 5 heterocycles. The van der Waals surface area contributed by atoms with Crippen LogP contribution in [-0.2, 0) is 23.0 Å². The lowest BCUT2D eigenvalue weighted by molar-refractivity contribution is 0.0964. The number of amides is 1. The Morgan fingerprint density at radius 2 is 1.86 bits per heavy atom. The lowest BCUT2D eigenvalue weighted by atomic mass is 9.96. The van der Waals surface area contributed by atoms with Gasteiger partial charge in [-0.25, -0.2) is 12.8 Å². The van der Waals surface area contributed by atoms with Gasteiger partial charge in [-0.05, 0) is 61.4 Å². The predicted octanol–water partition coefficient (Wildman–Crippen LogP) is 5.94. The summed E-state index contributed by atoms with van der Waals surface area (Å²) in [6.07, 6.45) is 5.25. The van der Waals surface area contributed by atoms with Crippen molar-refractivity contribution in [2.24, 2.45) is 0 Å². The number of hydrogen-bond donors (Lipinski definition) is 1. The van der Waals surface area contributed by atoms with E-state index in [1.54, 1.807) is 30.6 Å². The van der Waals surface area contributed by atoms with Crippen LogP contribution in [0.4, 0.5) is 10.1 Å². The van der Waals surface area contributed by atoms with Crippen LogP contribution in [0.25, 0.3) is 55.7 Å². The summed E-state index contributed by atoms with van der Waals surface area (Å²) in [5, 5.41) is 3.73. The van der Waals surface area contributed by atoms with Gasteiger partial charge in [-0.15, -0.1) is 0 Å². The average molecular weight is 610 g/mol. The van der Waals surface area contributed by atoms with Gasteiger partial charge in [-0.3, -0.25) is 19.1 Å². The van der Waals surface area contributed by atoms with E-state index >= 15 is 0 Å². The Hall–Kier alpha value is -5.03. The number of sulfonamides is 1. The summed E-state index contributed by atoms with van der Waals surface area (Å²) in [5.41, 5.74) is 6.95. The molecule has 0 spiro atoms. The zero-order valence-electron chi connectivity index (χ0n) is 24.5. The Kier molecular flexibility index (Phi) is 6.33. The van der Waals surface area contributed by atoms with Gasteiger partial charge in [0, 0.05) is 78.0 Å². The number of furan rings is 1. The van der Waals surface area contributed by atoms with E-state index < -0.39 is 10.0 Å². The molecule has 1 aliphatic rings. The third-order valence-corrected chi connectivity index (χ3v) is 9.50. The highest BCUT2D eigenvalue weighted by Crippen LogP contribution is 2.43. The molecular weight excluding hydrogens is 581 g/mol. The third-order valence-electron chi connectivity index (χ3n) is 8.31. The van der Waals surface area contributed by atoms with E-state index in [-0.39, 0.29) is 11.7 Å². The number of rotatable bonds is 5. The van der Waals surface area contributed by atoms with Crippen molar-refractivity contribution in [1.82, 2.24) is 19.9 Å². The van der Waals surface area contributed by atoms with E-state index in [4.69, 9.17) is 9.40 Å². The Morgan fingerprint density at radius 1 is 1.05 bits per heavy atom. The minimum Gasteiger partial charge on any atom is -0.455 e. The second-order valence-electron chi connectivity index (χ2n) is 11.0. The van der Waals surface area contributed by atoms with Gasteiger partial charge in [0.15, 0.2) is 0 Å². The molecule has 2 aromatic carbocycles. The fraction of sp³-hybridized carbons (Fsp3) is 0.182. The van der Waals surface area contributed by atoms with Crippen LogP contribution in [0.1, 0.15) is 21.6 Å². The molecule has 0 unspecified atom stereocenters. The number of pyridine rings is 2. The molecule has 0 saturated heterocycles. The molecule has 222 valence electrons. The average Bonchev–Trinajstić information content (AvgIpc) is 3.59. The minimum absolute atomic E-state index is 0.288. The van der Waals surface area contributed by atoms with Crippen molar-refractivity contribution >= 4 is 43.5 Å². The maximum Gasteiger partial charge on any atom is 0.255 e. The van der Waals surface area contributed by atoms with Crippen LogP contribution in [0.3, 0.4) is 0 Å². The van der Waals surface area contributed by atoms with Crippen LogP contribution in [-0.4, -0.2) is 49.2 Å². The Balaban J connectivity index is 1.50. The van der Waals surface area contributed by atoms with Crippen molar-refractivity contribution in [2.75, 3.05) is 24.7 Å². The monoisotopic (exact) mass is 609 g/mol. The van der Waals surface area contributed by atoms with Gasteiger partial charge in [0.25, 0.3) is 5.91 Å². The highest BCUT2D eigenvalue weighted by molar-refractivity contribution is 7.92. The fourth-order valence-electron chi connectivity index (χ4n) is 5.95. The summed E-state index contributed by atoms with van der Waals surface area (Å²) in [6.45, 7) is 2.55. The van der Waals surface area contributed by atoms with Crippen LogP contribution in [0.15, 0.2) is 71.4 Å². The van der Waals surface area contributed by atoms with Crippen molar-refractivity contribution in [1.29, 1.82) is 0 Å². The number of carbonyl (C=O) groups is 1. The largest absolute Gasteiger partial charge is 0.455 e. The second kappa shape index (κ2) is 10.0. The van der Waals surface area contributed by atoms with Crippen molar-refractivity contribution in [2.45, 2.75) is 19.9 Å². The summed E-state index contributed by atoms with van der Waals surface area (Å²) in [5.74, 6) is -0.328. The summed E-state index contributed by atoms with van der Waals surface area (Å²) in [7, 11) is -0.691. The predicted molar refractivity (Wildman–Crippen MR) is 169 cm³/mol. The number of nitrogens with zero attached hydrogens (tertiary/aromatic N) is 4. The number of benzene rings is 2. The molecule has 11 heteroatoms. The summed E-state index contributed by atoms with van der Waals surface area (Å²) in [6, 6.07) is 15.8. The highest BCUT2D eigenvalue weighted by Gasteiger charge is 2.28. The molecule has 0 saturated carbocycles. The highest BCUT2D eigenvalue weighted by atomic mass is 32.2. The summed E-state index contributed by atoms with van der Waals surface area (Å²) in [4.78, 5) is 22.4. The van der Waals surface area contributed by atoms with Crippen molar-refractivity contribution in [3.05, 3.63) is 89.6 Å². The van der Waals surface area contributed by atoms with Crippen molar-refractivity contribution in [3.63, 3.8) is 0 Å². The molecular formula is C33H28FN5O4S. The summed E-state index contributed by atoms with van der Waals surface area (Å²) < 4.78 is 49.9. The number of aromatic nitrogens is 3. The van der Waals surface area contributed by atoms with E-state index in [2.05, 4.69) is 14.9 Å². The van der Waals surface area contributed by atoms with Gasteiger partial charge in [0.1, 0.15) is 17.2 Å². The van der Waals surface area contributed by atoms with Gasteiger partial charge < -0.3 is 14.3 Å². The number of anilines is 1. The Bertz CT molecular complexity index is 2250. The number of carbonyl (C=O) groups excluding carboxylic acids is 1. The van der Waals surface area contributed by atoms with Gasteiger partial charge in [-0.1, -0.05) is 6.07 Å². The number of aryl methyl sites for hydroxylation is 3. The van der Waals surface area contributed by atoms with Crippen molar-refractivity contribution in [3.8, 4) is 33.8 Å². The molecule has 1 N–H and O–H groups in total. The minimum atomic E-state index is -3.70. The molecule has 0 atom stereocenters. The standard InChI is InChI=1S/C33H28FN5O4S/c1-18-8-9-20(17-36-18)32-31(33(40)35-2)24-12-23(28(15-30(24)43-32)38(3)44(4,41)42)26-13-21-19(16-37-26)10-11-39-27-7-5-6-25(34)22(27)14-29(21)39/h5-9,12-17H,10-11H2,1-4H3,(H,35,40). The lowest BCUT2D eigenvalue weighted by Crippen LogP contribution is -2.25. The van der Waals surface area contributed by atoms with E-state index in [1.165, 1.54) is 24.5 Å². The lowest BCUT2D eigenvalue weighted by Gasteiger charge is -2.23. The van der Waals surface area contributed by atoms with Crippen LogP contribution in [0.2, 0.25) is 0 Å². The summed E-state index contributed by atoms with van der Waals surface area (Å²) >= 11 is 0. The van der Waals surface area contributed by atoms with E-state index in [1.807, 2.05) is 37.3 Å². The molecule has 0 radical (unpaired) electrons. The first-order valence-corrected chi connectivity index (χ1v) is 15.9. The van der Waals surface area contributed by atoms with Crippen LogP contribution in [0, 0.1) is 12.7 Å². The molecule has 0 aliphatic carbocycles. The number of fused-ring (bicyclic) bond motifs is 6. The normalized spacial score (nSPS) is 12.8. The zero-order valence-corrected chi connectivity index (χ0v) is 25.3. The zero-order chi connectivity index (χ0) is 30.9. The SMILES string of the molecule is CNC(=O)c1c(-c2ccc(C)nc2)oc2cc(N(C)S(C)(=O)=O)c(-c3cc4c(cn3)CCn3c-4cc4c(F)cccc43)cc12. The topological polar surface area (TPSA) is 110 Å². The van der Waals surface area contributed by atoms with Crippen LogP contribution in [0.5, 0.6) is 0 Å². The Morgan fingerprint density at radius 3 is 2.59 bits per heavy atom. The number of halogens is 1. The maximum atomic E-state index is 14.7. The molecule has 9 nitrogen and oxygen atoms in total. The first kappa shape index (κ1) is 27.8. The second-order valence-corrected chi connectivity index (χ2v) is 13.0. The number of nitrogens with one attached hydrogen (secondary N) is 1. The van der Waals surface area contributed by atoms with Gasteiger partial charge in [-0.2, -0.15) is 0 Å². The van der Waals surface area contributed by atoms with Gasteiger partial charge in [0.2, 0.25) is 10.0 Å². The molecule has 4 aromatic heterocycles. The molecule has 6 aromatic rings. The maximum absolute atomic E-state index is 14.7. The molecule has 1 amide bonds. The van der Waals surface area contributed by atoms with Crippen LogP contribution >= 0.6 is 0 Å². The molecule has 0 bridgehead atoms. The van der Waals surface area contributed by atoms with Gasteiger partial charge >= 0.3 is 0 Å². The third kappa shape index (κ3) is 4.34. The first-order valence-electron chi connectivity index (χ1n) is 14.0. The fourth-order valence-corrected chi connectivity index (χ4v) is 6.45. The van der Waals surface area contributed by atoms with Crippen molar-refractivity contribution < 1.29 is 22.0 Å². The number of hydrogen-bond acceptors (Lipinski definition) is 6. The van der Waals surface area contributed by atoms with Crippen LogP contribution < -0.4 is 9.62 Å². The van der Waals surface area contributed by atoms with E-state index in [0.29, 0.717) is 63.2 Å². The molecule has 7 rings (SSSR count). The van der Waals surface area contributed by atoms with E-state index in [9.17, 15) is 17.6 Å².